The van der Waals surface area contributed by atoms with Gasteiger partial charge in [-0.1, -0.05) is 0 Å². The molecule has 2 aliphatic heterocycles. The molecule has 2 bridgehead atoms. The normalized spacial score (nSPS) is 31.1. The molecule has 112 valence electrons. The number of rotatable bonds is 4. The maximum absolute atomic E-state index is 12.1. The Bertz CT molecular complexity index is 558. The first-order valence-electron chi connectivity index (χ1n) is 6.45. The van der Waals surface area contributed by atoms with Gasteiger partial charge in [0.25, 0.3) is 0 Å². The molecule has 0 spiro atoms. The van der Waals surface area contributed by atoms with Crippen LogP contribution in [-0.2, 0) is 14.7 Å². The van der Waals surface area contributed by atoms with Gasteiger partial charge >= 0.3 is 16.4 Å². The van der Waals surface area contributed by atoms with E-state index in [1.165, 1.54) is 4.90 Å². The molecule has 0 unspecified atom stereocenters. The number of amides is 2. The average Bonchev–Trinajstić information content (AvgIpc) is 3.13. The van der Waals surface area contributed by atoms with Gasteiger partial charge in [0.2, 0.25) is 0 Å². The van der Waals surface area contributed by atoms with Crippen molar-refractivity contribution in [2.45, 2.75) is 43.8 Å². The highest BCUT2D eigenvalue weighted by molar-refractivity contribution is 7.80. The lowest BCUT2D eigenvalue weighted by Gasteiger charge is -2.29. The van der Waals surface area contributed by atoms with Crippen molar-refractivity contribution in [3.63, 3.8) is 0 Å². The molecule has 0 aromatic heterocycles. The molecule has 2 saturated heterocycles. The van der Waals surface area contributed by atoms with Crippen molar-refractivity contribution in [3.05, 3.63) is 0 Å². The van der Waals surface area contributed by atoms with Crippen LogP contribution in [0.5, 0.6) is 0 Å². The summed E-state index contributed by atoms with van der Waals surface area (Å²) < 4.78 is 34.6. The minimum atomic E-state index is -4.71. The van der Waals surface area contributed by atoms with Crippen LogP contribution in [0.2, 0.25) is 0 Å². The molecule has 0 aromatic carbocycles. The van der Waals surface area contributed by atoms with Crippen LogP contribution in [-0.4, -0.2) is 59.5 Å². The number of amidine groups is 1. The fourth-order valence-corrected chi connectivity index (χ4v) is 3.03. The molecule has 0 radical (unpaired) electrons. The van der Waals surface area contributed by atoms with E-state index in [9.17, 15) is 13.2 Å². The van der Waals surface area contributed by atoms with Crippen molar-refractivity contribution < 1.29 is 22.0 Å². The number of piperidine rings is 1. The number of hydrogen-bond donors (Lipinski definition) is 2. The van der Waals surface area contributed by atoms with Crippen LogP contribution in [0.3, 0.4) is 0 Å². The molecule has 10 heteroatoms. The van der Waals surface area contributed by atoms with Gasteiger partial charge in [0, 0.05) is 6.54 Å². The second kappa shape index (κ2) is 4.57. The summed E-state index contributed by atoms with van der Waals surface area (Å²) >= 11 is 0. The number of hydroxylamine groups is 2. The molecule has 1 saturated carbocycles. The first-order chi connectivity index (χ1) is 9.35. The van der Waals surface area contributed by atoms with E-state index in [1.54, 1.807) is 0 Å². The van der Waals surface area contributed by atoms with E-state index in [2.05, 4.69) is 9.28 Å². The smallest absolute Gasteiger partial charge is 0.386 e. The Kier molecular flexibility index (Phi) is 3.10. The number of nitrogens with zero attached hydrogens (tertiary/aromatic N) is 3. The zero-order chi connectivity index (χ0) is 14.5. The molecular formula is C10H16N4O5S. The Balaban J connectivity index is 1.77. The predicted molar refractivity (Wildman–Crippen MR) is 68.0 cm³/mol. The fourth-order valence-electron chi connectivity index (χ4n) is 2.64. The Morgan fingerprint density at radius 1 is 1.35 bits per heavy atom. The van der Waals surface area contributed by atoms with Gasteiger partial charge in [-0.3, -0.25) is 9.55 Å². The lowest BCUT2D eigenvalue weighted by atomic mass is 10.0. The van der Waals surface area contributed by atoms with Crippen molar-refractivity contribution in [2.24, 2.45) is 10.7 Å². The van der Waals surface area contributed by atoms with Gasteiger partial charge in [0.1, 0.15) is 5.84 Å². The Morgan fingerprint density at radius 2 is 2.05 bits per heavy atom. The highest BCUT2D eigenvalue weighted by atomic mass is 32.3. The summed E-state index contributed by atoms with van der Waals surface area (Å²) in [5.74, 6) is 0.410. The van der Waals surface area contributed by atoms with Gasteiger partial charge in [0.15, 0.2) is 0 Å². The number of fused-ring (bicyclic) bond motifs is 2. The van der Waals surface area contributed by atoms with Gasteiger partial charge in [0.05, 0.1) is 18.1 Å². The summed E-state index contributed by atoms with van der Waals surface area (Å²) in [7, 11) is -4.71. The summed E-state index contributed by atoms with van der Waals surface area (Å²) in [6.45, 7) is 0.319. The Labute approximate surface area is 116 Å². The molecular weight excluding hydrogens is 288 g/mol. The summed E-state index contributed by atoms with van der Waals surface area (Å²) in [6.07, 6.45) is 3.18. The van der Waals surface area contributed by atoms with Gasteiger partial charge in [-0.25, -0.2) is 4.79 Å². The van der Waals surface area contributed by atoms with E-state index >= 15 is 0 Å². The maximum Gasteiger partial charge on any atom is 0.418 e. The van der Waals surface area contributed by atoms with Crippen molar-refractivity contribution >= 4 is 22.3 Å². The Morgan fingerprint density at radius 3 is 2.65 bits per heavy atom. The summed E-state index contributed by atoms with van der Waals surface area (Å²) in [5, 5.41) is 0.708. The average molecular weight is 304 g/mol. The molecule has 2 heterocycles. The summed E-state index contributed by atoms with van der Waals surface area (Å²) in [5.41, 5.74) is 5.94. The van der Waals surface area contributed by atoms with Crippen LogP contribution < -0.4 is 5.73 Å². The third kappa shape index (κ3) is 2.58. The molecule has 20 heavy (non-hydrogen) atoms. The van der Waals surface area contributed by atoms with Crippen LogP contribution >= 0.6 is 0 Å². The van der Waals surface area contributed by atoms with Crippen LogP contribution in [0.25, 0.3) is 0 Å². The second-order valence-corrected chi connectivity index (χ2v) is 6.30. The third-order valence-corrected chi connectivity index (χ3v) is 4.07. The van der Waals surface area contributed by atoms with Gasteiger partial charge in [-0.15, -0.1) is 4.28 Å². The molecule has 2 amide bonds. The minimum Gasteiger partial charge on any atom is -0.386 e. The minimum absolute atomic E-state index is 0.260. The zero-order valence-corrected chi connectivity index (χ0v) is 11.5. The second-order valence-electron chi connectivity index (χ2n) is 5.30. The van der Waals surface area contributed by atoms with E-state index in [0.29, 0.717) is 30.3 Å². The molecule has 3 aliphatic rings. The zero-order valence-electron chi connectivity index (χ0n) is 10.7. The first-order valence-corrected chi connectivity index (χ1v) is 7.81. The van der Waals surface area contributed by atoms with Crippen molar-refractivity contribution in [3.8, 4) is 0 Å². The topological polar surface area (TPSA) is 126 Å². The van der Waals surface area contributed by atoms with Gasteiger partial charge < -0.3 is 10.6 Å². The Hall–Kier alpha value is -1.39. The summed E-state index contributed by atoms with van der Waals surface area (Å²) in [4.78, 5) is 17.9. The van der Waals surface area contributed by atoms with Crippen LogP contribution in [0, 0.1) is 0 Å². The first kappa shape index (κ1) is 13.6. The molecule has 0 aromatic rings. The lowest BCUT2D eigenvalue weighted by Crippen LogP contribution is -2.48. The quantitative estimate of drug-likeness (QED) is 0.410. The molecule has 3 N–H and O–H groups in total. The van der Waals surface area contributed by atoms with Crippen molar-refractivity contribution in [2.75, 3.05) is 6.54 Å². The number of carbonyl (C=O) groups is 1. The predicted octanol–water partition coefficient (Wildman–Crippen LogP) is -0.491. The van der Waals surface area contributed by atoms with Crippen molar-refractivity contribution in [1.29, 1.82) is 0 Å². The van der Waals surface area contributed by atoms with E-state index in [0.717, 1.165) is 12.8 Å². The standard InChI is InChI=1S/C10H16N4O5S/c11-9(12-6-1-2-6)8-4-3-7-5-13(8)10(15)14(7)19-20(16,17)18/h6-8H,1-5H2,(H2,11,12)(H,16,17,18)/t7-,8+/m1/s1. The van der Waals surface area contributed by atoms with Crippen LogP contribution in [0.4, 0.5) is 4.79 Å². The largest absolute Gasteiger partial charge is 0.418 e. The molecule has 9 nitrogen and oxygen atoms in total. The number of nitrogens with two attached hydrogens (primary N) is 1. The number of urea groups is 1. The van der Waals surface area contributed by atoms with Gasteiger partial charge in [-0.05, 0) is 25.7 Å². The van der Waals surface area contributed by atoms with E-state index in [1.807, 2.05) is 0 Å². The van der Waals surface area contributed by atoms with Crippen molar-refractivity contribution in [1.82, 2.24) is 9.96 Å². The highest BCUT2D eigenvalue weighted by Gasteiger charge is 2.48. The lowest BCUT2D eigenvalue weighted by molar-refractivity contribution is -0.0316. The number of aliphatic imine (C=N–C) groups is 1. The van der Waals surface area contributed by atoms with Crippen LogP contribution in [0.15, 0.2) is 4.99 Å². The highest BCUT2D eigenvalue weighted by Crippen LogP contribution is 2.31. The number of hydrogen-bond acceptors (Lipinski definition) is 5. The molecule has 2 atom stereocenters. The maximum atomic E-state index is 12.1. The SMILES string of the molecule is NC(=NC1CC1)[C@@H]1CC[C@@H]2CN1C(=O)N2OS(=O)(=O)O. The fraction of sp³-hybridized carbons (Fsp3) is 0.800. The molecule has 1 aliphatic carbocycles. The summed E-state index contributed by atoms with van der Waals surface area (Å²) in [6, 6.07) is -1.07. The third-order valence-electron chi connectivity index (χ3n) is 3.72. The van der Waals surface area contributed by atoms with E-state index in [4.69, 9.17) is 10.3 Å². The number of carbonyl (C=O) groups excluding carboxylic acids is 1. The van der Waals surface area contributed by atoms with E-state index in [-0.39, 0.29) is 12.1 Å². The monoisotopic (exact) mass is 304 g/mol. The van der Waals surface area contributed by atoms with E-state index < -0.39 is 22.5 Å². The molecule has 3 fully saturated rings. The van der Waals surface area contributed by atoms with Crippen LogP contribution in [0.1, 0.15) is 25.7 Å². The van der Waals surface area contributed by atoms with Gasteiger partial charge in [-0.2, -0.15) is 13.5 Å². The molecule has 3 rings (SSSR count).